The molecule has 2 rings (SSSR count). The minimum Gasteiger partial charge on any atom is -0.488 e. The van der Waals surface area contributed by atoms with Crippen LogP contribution in [0.4, 0.5) is 0 Å². The summed E-state index contributed by atoms with van der Waals surface area (Å²) in [6.07, 6.45) is 4.10. The summed E-state index contributed by atoms with van der Waals surface area (Å²) in [5, 5.41) is 9.34. The van der Waals surface area contributed by atoms with Gasteiger partial charge in [0, 0.05) is 17.6 Å². The molecule has 1 saturated carbocycles. The highest BCUT2D eigenvalue weighted by molar-refractivity contribution is 5.96. The van der Waals surface area contributed by atoms with Gasteiger partial charge in [-0.1, -0.05) is 19.9 Å². The molecule has 0 atom stereocenters. The van der Waals surface area contributed by atoms with Gasteiger partial charge in [0.15, 0.2) is 0 Å². The summed E-state index contributed by atoms with van der Waals surface area (Å²) in [4.78, 5) is 24.6. The van der Waals surface area contributed by atoms with E-state index in [-0.39, 0.29) is 30.0 Å². The van der Waals surface area contributed by atoms with Gasteiger partial charge in [-0.2, -0.15) is 0 Å². The van der Waals surface area contributed by atoms with Crippen LogP contribution in [0.2, 0.25) is 0 Å². The van der Waals surface area contributed by atoms with Gasteiger partial charge in [-0.15, -0.1) is 0 Å². The number of rotatable bonds is 8. The standard InChI is InChI=1S/C23H37N3O3/c1-16(2)14-24-18-9-11-19(12-10-18)26-21(27)15-25-22(28)17-7-6-8-20(13-17)29-23(3,4)5/h6-8,13,16,18-19,24H,9-12,14-15H2,1-5H3,(H,25,28)(H,26,27). The summed E-state index contributed by atoms with van der Waals surface area (Å²) in [5.74, 6) is 0.870. The summed E-state index contributed by atoms with van der Waals surface area (Å²) in [6.45, 7) is 11.3. The summed E-state index contributed by atoms with van der Waals surface area (Å²) < 4.78 is 5.79. The van der Waals surface area contributed by atoms with Crippen molar-refractivity contribution in [3.63, 3.8) is 0 Å². The number of benzene rings is 1. The molecule has 0 unspecified atom stereocenters. The molecule has 162 valence electrons. The molecule has 29 heavy (non-hydrogen) atoms. The molecule has 1 aliphatic rings. The van der Waals surface area contributed by atoms with Gasteiger partial charge in [-0.25, -0.2) is 0 Å². The molecule has 3 N–H and O–H groups in total. The molecule has 1 aromatic rings. The van der Waals surface area contributed by atoms with Gasteiger partial charge in [-0.05, 0) is 77.1 Å². The number of hydrogen-bond donors (Lipinski definition) is 3. The van der Waals surface area contributed by atoms with Crippen LogP contribution >= 0.6 is 0 Å². The Morgan fingerprint density at radius 2 is 1.76 bits per heavy atom. The van der Waals surface area contributed by atoms with Crippen molar-refractivity contribution in [1.82, 2.24) is 16.0 Å². The molecule has 0 radical (unpaired) electrons. The van der Waals surface area contributed by atoms with E-state index >= 15 is 0 Å². The fraction of sp³-hybridized carbons (Fsp3) is 0.652. The maximum Gasteiger partial charge on any atom is 0.251 e. The SMILES string of the molecule is CC(C)CNC1CCC(NC(=O)CNC(=O)c2cccc(OC(C)(C)C)c2)CC1. The monoisotopic (exact) mass is 403 g/mol. The Morgan fingerprint density at radius 1 is 1.10 bits per heavy atom. The van der Waals surface area contributed by atoms with E-state index in [1.807, 2.05) is 26.8 Å². The highest BCUT2D eigenvalue weighted by Gasteiger charge is 2.22. The summed E-state index contributed by atoms with van der Waals surface area (Å²) in [6, 6.07) is 7.76. The molecule has 6 nitrogen and oxygen atoms in total. The molecule has 6 heteroatoms. The Bertz CT molecular complexity index is 674. The van der Waals surface area contributed by atoms with E-state index in [0.29, 0.717) is 23.3 Å². The number of nitrogens with one attached hydrogen (secondary N) is 3. The number of carbonyl (C=O) groups is 2. The molecule has 0 spiro atoms. The lowest BCUT2D eigenvalue weighted by Gasteiger charge is -2.30. The van der Waals surface area contributed by atoms with Gasteiger partial charge in [0.2, 0.25) is 5.91 Å². The van der Waals surface area contributed by atoms with Crippen LogP contribution in [0.3, 0.4) is 0 Å². The van der Waals surface area contributed by atoms with Crippen LogP contribution in [-0.4, -0.2) is 42.6 Å². The second-order valence-corrected chi connectivity index (χ2v) is 9.34. The van der Waals surface area contributed by atoms with Crippen molar-refractivity contribution in [3.05, 3.63) is 29.8 Å². The highest BCUT2D eigenvalue weighted by Crippen LogP contribution is 2.20. The fourth-order valence-electron chi connectivity index (χ4n) is 3.44. The first-order valence-electron chi connectivity index (χ1n) is 10.7. The quantitative estimate of drug-likeness (QED) is 0.622. The van der Waals surface area contributed by atoms with Crippen LogP contribution in [0, 0.1) is 5.92 Å². The number of carbonyl (C=O) groups excluding carboxylic acids is 2. The van der Waals surface area contributed by atoms with Gasteiger partial charge in [0.25, 0.3) is 5.91 Å². The smallest absolute Gasteiger partial charge is 0.251 e. The minimum absolute atomic E-state index is 0.0191. The molecule has 1 fully saturated rings. The molecular formula is C23H37N3O3. The second-order valence-electron chi connectivity index (χ2n) is 9.34. The van der Waals surface area contributed by atoms with Gasteiger partial charge in [0.05, 0.1) is 6.54 Å². The molecule has 0 bridgehead atoms. The molecule has 0 aliphatic heterocycles. The lowest BCUT2D eigenvalue weighted by Crippen LogP contribution is -2.45. The zero-order valence-electron chi connectivity index (χ0n) is 18.5. The first kappa shape index (κ1) is 23.2. The topological polar surface area (TPSA) is 79.5 Å². The lowest BCUT2D eigenvalue weighted by molar-refractivity contribution is -0.121. The van der Waals surface area contributed by atoms with Crippen molar-refractivity contribution < 1.29 is 14.3 Å². The Kier molecular flexibility index (Phi) is 8.50. The average molecular weight is 404 g/mol. The normalized spacial score (nSPS) is 19.7. The third-order valence-corrected chi connectivity index (χ3v) is 4.84. The Morgan fingerprint density at radius 3 is 2.38 bits per heavy atom. The largest absolute Gasteiger partial charge is 0.488 e. The molecular weight excluding hydrogens is 366 g/mol. The Labute approximate surface area is 175 Å². The first-order chi connectivity index (χ1) is 13.6. The summed E-state index contributed by atoms with van der Waals surface area (Å²) in [7, 11) is 0. The maximum atomic E-state index is 12.4. The van der Waals surface area contributed by atoms with E-state index in [2.05, 4.69) is 29.8 Å². The van der Waals surface area contributed by atoms with Crippen LogP contribution in [-0.2, 0) is 4.79 Å². The Hall–Kier alpha value is -2.08. The van der Waals surface area contributed by atoms with Crippen LogP contribution in [0.15, 0.2) is 24.3 Å². The third kappa shape index (κ3) is 8.86. The van der Waals surface area contributed by atoms with Crippen LogP contribution < -0.4 is 20.7 Å². The van der Waals surface area contributed by atoms with E-state index < -0.39 is 0 Å². The average Bonchev–Trinajstić information content (AvgIpc) is 2.64. The fourth-order valence-corrected chi connectivity index (χ4v) is 3.44. The van der Waals surface area contributed by atoms with Crippen molar-refractivity contribution in [3.8, 4) is 5.75 Å². The summed E-state index contributed by atoms with van der Waals surface area (Å²) in [5.41, 5.74) is 0.148. The van der Waals surface area contributed by atoms with Gasteiger partial charge in [-0.3, -0.25) is 9.59 Å². The van der Waals surface area contributed by atoms with E-state index in [9.17, 15) is 9.59 Å². The van der Waals surface area contributed by atoms with Gasteiger partial charge < -0.3 is 20.7 Å². The maximum absolute atomic E-state index is 12.4. The van der Waals surface area contributed by atoms with Crippen molar-refractivity contribution >= 4 is 11.8 Å². The van der Waals surface area contributed by atoms with Crippen molar-refractivity contribution in [2.45, 2.75) is 78.0 Å². The molecule has 1 aliphatic carbocycles. The Balaban J connectivity index is 1.73. The van der Waals surface area contributed by atoms with Crippen molar-refractivity contribution in [2.75, 3.05) is 13.1 Å². The first-order valence-corrected chi connectivity index (χ1v) is 10.7. The van der Waals surface area contributed by atoms with Crippen LogP contribution in [0.5, 0.6) is 5.75 Å². The molecule has 0 aromatic heterocycles. The summed E-state index contributed by atoms with van der Waals surface area (Å²) >= 11 is 0. The van der Waals surface area contributed by atoms with Crippen molar-refractivity contribution in [2.24, 2.45) is 5.92 Å². The van der Waals surface area contributed by atoms with Crippen LogP contribution in [0.1, 0.15) is 70.7 Å². The predicted molar refractivity (Wildman–Crippen MR) is 116 cm³/mol. The zero-order valence-corrected chi connectivity index (χ0v) is 18.5. The van der Waals surface area contributed by atoms with Crippen LogP contribution in [0.25, 0.3) is 0 Å². The zero-order chi connectivity index (χ0) is 21.4. The molecule has 1 aromatic carbocycles. The second kappa shape index (κ2) is 10.6. The van der Waals surface area contributed by atoms with Gasteiger partial charge >= 0.3 is 0 Å². The minimum atomic E-state index is -0.335. The lowest BCUT2D eigenvalue weighted by atomic mass is 9.91. The molecule has 2 amide bonds. The number of hydrogen-bond acceptors (Lipinski definition) is 4. The van der Waals surface area contributed by atoms with Gasteiger partial charge in [0.1, 0.15) is 11.4 Å². The third-order valence-electron chi connectivity index (χ3n) is 4.84. The predicted octanol–water partition coefficient (Wildman–Crippen LogP) is 3.27. The van der Waals surface area contributed by atoms with E-state index in [1.54, 1.807) is 18.2 Å². The molecule has 0 saturated heterocycles. The van der Waals surface area contributed by atoms with E-state index in [0.717, 1.165) is 32.2 Å². The highest BCUT2D eigenvalue weighted by atomic mass is 16.5. The number of ether oxygens (including phenoxy) is 1. The van der Waals surface area contributed by atoms with E-state index in [1.165, 1.54) is 0 Å². The van der Waals surface area contributed by atoms with E-state index in [4.69, 9.17) is 4.74 Å². The number of amides is 2. The molecule has 0 heterocycles. The van der Waals surface area contributed by atoms with Crippen molar-refractivity contribution in [1.29, 1.82) is 0 Å².